The molecule has 5 aromatic carbocycles. The van der Waals surface area contributed by atoms with Crippen LogP contribution < -0.4 is 4.74 Å². The number of nitrogens with zero attached hydrogens (tertiary/aromatic N) is 1. The molecule has 0 aliphatic heterocycles. The molecule has 0 bridgehead atoms. The van der Waals surface area contributed by atoms with Crippen LogP contribution in [0.2, 0.25) is 0 Å². The topological polar surface area (TPSA) is 37.4 Å². The molecule has 290 valence electrons. The fourth-order valence-electron chi connectivity index (χ4n) is 7.56. The van der Waals surface area contributed by atoms with Crippen molar-refractivity contribution < 1.29 is 4.74 Å². The molecule has 0 saturated heterocycles. The van der Waals surface area contributed by atoms with E-state index in [0.717, 1.165) is 68.0 Å². The van der Waals surface area contributed by atoms with Gasteiger partial charge >= 0.3 is 0 Å². The summed E-state index contributed by atoms with van der Waals surface area (Å²) < 4.78 is 6.02. The highest BCUT2D eigenvalue weighted by molar-refractivity contribution is 6.02. The Balaban J connectivity index is 0.000000220. The summed E-state index contributed by atoms with van der Waals surface area (Å²) in [6, 6.07) is 41.6. The number of aliphatic imine (C=N–C) groups is 1. The van der Waals surface area contributed by atoms with Gasteiger partial charge in [0.25, 0.3) is 0 Å². The number of para-hydroxylation sites is 2. The van der Waals surface area contributed by atoms with Gasteiger partial charge in [-0.25, -0.2) is 0 Å². The van der Waals surface area contributed by atoms with Crippen molar-refractivity contribution in [3.05, 3.63) is 228 Å². The third-order valence-corrected chi connectivity index (χ3v) is 10.8. The van der Waals surface area contributed by atoms with Crippen molar-refractivity contribution in [3.8, 4) is 5.75 Å². The molecule has 0 atom stereocenters. The van der Waals surface area contributed by atoms with Crippen LogP contribution in [-0.4, -0.2) is 10.7 Å². The van der Waals surface area contributed by atoms with Gasteiger partial charge in [-0.1, -0.05) is 180 Å². The lowest BCUT2D eigenvalue weighted by atomic mass is 9.80. The largest absolute Gasteiger partial charge is 0.456 e. The predicted molar refractivity (Wildman–Crippen MR) is 252 cm³/mol. The molecule has 1 aliphatic rings. The minimum Gasteiger partial charge on any atom is -0.456 e. The lowest BCUT2D eigenvalue weighted by molar-refractivity contribution is 0.508. The molecule has 3 heteroatoms. The van der Waals surface area contributed by atoms with E-state index in [2.05, 4.69) is 158 Å². The summed E-state index contributed by atoms with van der Waals surface area (Å²) >= 11 is 0. The second kappa shape index (κ2) is 18.0. The average Bonchev–Trinajstić information content (AvgIpc) is 3.73. The van der Waals surface area contributed by atoms with Gasteiger partial charge in [0, 0.05) is 33.2 Å². The van der Waals surface area contributed by atoms with E-state index >= 15 is 0 Å². The summed E-state index contributed by atoms with van der Waals surface area (Å²) in [5.74, 6) is 1.45. The molecule has 1 aromatic heterocycles. The Bertz CT molecular complexity index is 2620. The lowest BCUT2D eigenvalue weighted by Crippen LogP contribution is -2.16. The van der Waals surface area contributed by atoms with Crippen LogP contribution in [0.15, 0.2) is 183 Å². The Morgan fingerprint density at radius 1 is 0.793 bits per heavy atom. The molecule has 0 saturated carbocycles. The summed E-state index contributed by atoms with van der Waals surface area (Å²) in [7, 11) is 0. The van der Waals surface area contributed by atoms with Crippen LogP contribution in [0.25, 0.3) is 39.6 Å². The number of fused-ring (bicyclic) bond motifs is 2. The van der Waals surface area contributed by atoms with Crippen LogP contribution in [-0.2, 0) is 11.8 Å². The quantitative estimate of drug-likeness (QED) is 0.0753. The number of H-pyrrole nitrogens is 1. The molecule has 58 heavy (non-hydrogen) atoms. The highest BCUT2D eigenvalue weighted by atomic mass is 16.5. The molecular weight excluding hydrogens is 705 g/mol. The maximum Gasteiger partial charge on any atom is 0.144 e. The first-order chi connectivity index (χ1) is 28.0. The van der Waals surface area contributed by atoms with Crippen LogP contribution in [0.5, 0.6) is 5.75 Å². The van der Waals surface area contributed by atoms with Gasteiger partial charge in [0.15, 0.2) is 0 Å². The Hall–Kier alpha value is -6.71. The van der Waals surface area contributed by atoms with Crippen molar-refractivity contribution >= 4 is 45.3 Å². The fourth-order valence-corrected chi connectivity index (χ4v) is 7.56. The van der Waals surface area contributed by atoms with E-state index in [1.54, 1.807) is 0 Å². The first-order valence-electron chi connectivity index (χ1n) is 19.9. The van der Waals surface area contributed by atoms with Gasteiger partial charge < -0.3 is 9.72 Å². The monoisotopic (exact) mass is 758 g/mol. The van der Waals surface area contributed by atoms with Crippen molar-refractivity contribution in [2.45, 2.75) is 53.4 Å². The van der Waals surface area contributed by atoms with Gasteiger partial charge in [-0.2, -0.15) is 0 Å². The van der Waals surface area contributed by atoms with E-state index in [1.165, 1.54) is 33.4 Å². The Morgan fingerprint density at radius 3 is 2.16 bits per heavy atom. The molecular formula is C55H54N2O. The number of nitrogens with one attached hydrogen (secondary N) is 1. The van der Waals surface area contributed by atoms with Gasteiger partial charge in [0.05, 0.1) is 11.4 Å². The van der Waals surface area contributed by atoms with E-state index in [9.17, 15) is 0 Å². The minimum absolute atomic E-state index is 0.104. The van der Waals surface area contributed by atoms with Crippen molar-refractivity contribution in [2.24, 2.45) is 4.99 Å². The molecule has 0 spiro atoms. The Labute approximate surface area is 345 Å². The van der Waals surface area contributed by atoms with Gasteiger partial charge in [-0.05, 0) is 96.0 Å². The van der Waals surface area contributed by atoms with Gasteiger partial charge in [0.1, 0.15) is 11.5 Å². The summed E-state index contributed by atoms with van der Waals surface area (Å²) in [6.45, 7) is 29.5. The summed E-state index contributed by atoms with van der Waals surface area (Å²) in [5.41, 5.74) is 16.4. The van der Waals surface area contributed by atoms with Crippen LogP contribution in [0.4, 0.5) is 0 Å². The van der Waals surface area contributed by atoms with Crippen LogP contribution in [0.3, 0.4) is 0 Å². The molecule has 7 rings (SSSR count). The zero-order chi connectivity index (χ0) is 41.4. The van der Waals surface area contributed by atoms with Crippen molar-refractivity contribution in [2.75, 3.05) is 0 Å². The number of aromatic amines is 1. The molecule has 1 N–H and O–H groups in total. The average molecular weight is 759 g/mol. The number of benzene rings is 5. The van der Waals surface area contributed by atoms with Crippen LogP contribution in [0.1, 0.15) is 84.8 Å². The van der Waals surface area contributed by atoms with E-state index < -0.39 is 0 Å². The van der Waals surface area contributed by atoms with Gasteiger partial charge in [-0.3, -0.25) is 4.99 Å². The molecule has 3 nitrogen and oxygen atoms in total. The van der Waals surface area contributed by atoms with Crippen molar-refractivity contribution in [1.82, 2.24) is 4.98 Å². The van der Waals surface area contributed by atoms with Crippen molar-refractivity contribution in [3.63, 3.8) is 0 Å². The number of hydrogen-bond acceptors (Lipinski definition) is 2. The molecule has 0 radical (unpaired) electrons. The summed E-state index contributed by atoms with van der Waals surface area (Å²) in [6.07, 6.45) is 11.2. The maximum atomic E-state index is 6.02. The van der Waals surface area contributed by atoms with E-state index in [0.29, 0.717) is 5.76 Å². The molecule has 0 unspecified atom stereocenters. The number of allylic oxidation sites excluding steroid dienone is 7. The summed E-state index contributed by atoms with van der Waals surface area (Å²) in [4.78, 5) is 8.44. The maximum absolute atomic E-state index is 6.02. The first-order valence-corrected chi connectivity index (χ1v) is 19.9. The van der Waals surface area contributed by atoms with Crippen molar-refractivity contribution in [1.29, 1.82) is 0 Å². The smallest absolute Gasteiger partial charge is 0.144 e. The molecule has 1 aliphatic carbocycles. The fraction of sp³-hybridized carbons (Fsp3) is 0.145. The van der Waals surface area contributed by atoms with E-state index in [1.807, 2.05) is 66.7 Å². The third-order valence-electron chi connectivity index (χ3n) is 10.8. The SMILES string of the molecule is C=CC1=C(/C=C\C)C(C)(C)c2cc(C(=C)/C=C(\N=C(C)c3ccccc3)c3ccc(C)cc3)ccc21.C=Cc1c(C(=C)Oc2ccccc2CC)[nH]c2ccccc12. The third kappa shape index (κ3) is 8.65. The van der Waals surface area contributed by atoms with Crippen LogP contribution >= 0.6 is 0 Å². The zero-order valence-electron chi connectivity index (χ0n) is 34.8. The highest BCUT2D eigenvalue weighted by Crippen LogP contribution is 2.48. The predicted octanol–water partition coefficient (Wildman–Crippen LogP) is 14.8. The molecule has 0 amide bonds. The molecule has 1 heterocycles. The van der Waals surface area contributed by atoms with E-state index in [4.69, 9.17) is 9.73 Å². The Kier molecular flexibility index (Phi) is 12.7. The molecule has 0 fully saturated rings. The number of hydrogen-bond donors (Lipinski definition) is 1. The van der Waals surface area contributed by atoms with Gasteiger partial charge in [0.2, 0.25) is 0 Å². The second-order valence-electron chi connectivity index (χ2n) is 15.1. The Morgan fingerprint density at radius 2 is 1.47 bits per heavy atom. The summed E-state index contributed by atoms with van der Waals surface area (Å²) in [5, 5.41) is 1.13. The normalized spacial score (nSPS) is 13.6. The van der Waals surface area contributed by atoms with Gasteiger partial charge in [-0.15, -0.1) is 0 Å². The first kappa shape index (κ1) is 40.9. The minimum atomic E-state index is -0.104. The highest BCUT2D eigenvalue weighted by Gasteiger charge is 2.35. The van der Waals surface area contributed by atoms with E-state index in [-0.39, 0.29) is 5.41 Å². The number of rotatable bonds is 12. The molecule has 6 aromatic rings. The second-order valence-corrected chi connectivity index (χ2v) is 15.1. The zero-order valence-corrected chi connectivity index (χ0v) is 34.8. The number of aryl methyl sites for hydroxylation is 2. The van der Waals surface area contributed by atoms with Crippen LogP contribution in [0, 0.1) is 6.92 Å². The lowest BCUT2D eigenvalue weighted by Gasteiger charge is -2.23. The number of aromatic nitrogens is 1. The number of ether oxygens (including phenoxy) is 1. The standard InChI is InChI=1S/C35H35N.C20H19NO/c1-8-13-32-30(9-2)31-21-20-29(23-33(31)35(32,6)7)25(4)22-34(28-18-16-24(3)17-19-28)36-26(5)27-14-11-10-12-15-27;1-4-15-10-6-9-13-19(15)22-14(3)20-16(5-2)17-11-7-8-12-18(17)21-20/h8-23H,2,4H2,1,3,5-7H3;5-13,21H,2-4H2,1H3/b13-8-,34-22-,36-26?;.